The Bertz CT molecular complexity index is 1060. The van der Waals surface area contributed by atoms with E-state index in [1.807, 2.05) is 38.1 Å². The van der Waals surface area contributed by atoms with Crippen molar-refractivity contribution in [3.05, 3.63) is 64.7 Å². The van der Waals surface area contributed by atoms with Crippen molar-refractivity contribution in [1.82, 2.24) is 10.2 Å². The van der Waals surface area contributed by atoms with Crippen molar-refractivity contribution in [2.45, 2.75) is 46.2 Å². The molecule has 2 amide bonds. The molecule has 0 aliphatic rings. The minimum atomic E-state index is -3.51. The summed E-state index contributed by atoms with van der Waals surface area (Å²) in [6.45, 7) is 6.21. The van der Waals surface area contributed by atoms with Crippen LogP contribution in [0, 0.1) is 6.92 Å². The van der Waals surface area contributed by atoms with Gasteiger partial charge in [-0.2, -0.15) is 0 Å². The molecule has 0 aromatic heterocycles. The zero-order valence-electron chi connectivity index (χ0n) is 19.5. The van der Waals surface area contributed by atoms with Crippen molar-refractivity contribution >= 4 is 39.1 Å². The van der Waals surface area contributed by atoms with E-state index >= 15 is 0 Å². The lowest BCUT2D eigenvalue weighted by atomic mass is 10.1. The van der Waals surface area contributed by atoms with Crippen molar-refractivity contribution in [2.24, 2.45) is 0 Å². The second kappa shape index (κ2) is 12.0. The quantitative estimate of drug-likeness (QED) is 0.516. The predicted molar refractivity (Wildman–Crippen MR) is 133 cm³/mol. The number of carbonyl (C=O) groups is 2. The standard InChI is InChI=1S/C24H32ClN3O4S/c1-5-26-24(30)19(3)27(17-20-9-6-7-10-22(20)25)23(29)11-8-16-28(33(4,31)32)21-14-12-18(2)13-15-21/h6-7,9-10,12-15,19H,5,8,11,16-17H2,1-4H3,(H,26,30). The van der Waals surface area contributed by atoms with E-state index in [1.165, 1.54) is 9.21 Å². The van der Waals surface area contributed by atoms with E-state index in [1.54, 1.807) is 31.2 Å². The molecule has 0 spiro atoms. The SMILES string of the molecule is CCNC(=O)C(C)N(Cc1ccccc1Cl)C(=O)CCCN(c1ccc(C)cc1)S(C)(=O)=O. The van der Waals surface area contributed by atoms with E-state index in [2.05, 4.69) is 5.32 Å². The topological polar surface area (TPSA) is 86.8 Å². The maximum Gasteiger partial charge on any atom is 0.242 e. The molecule has 180 valence electrons. The average Bonchev–Trinajstić information content (AvgIpc) is 2.75. The number of likely N-dealkylation sites (N-methyl/N-ethyl adjacent to an activating group) is 1. The van der Waals surface area contributed by atoms with Gasteiger partial charge in [-0.25, -0.2) is 8.42 Å². The summed E-state index contributed by atoms with van der Waals surface area (Å²) in [6, 6.07) is 13.7. The van der Waals surface area contributed by atoms with Crippen molar-refractivity contribution in [1.29, 1.82) is 0 Å². The van der Waals surface area contributed by atoms with Gasteiger partial charge in [-0.1, -0.05) is 47.5 Å². The Morgan fingerprint density at radius 2 is 1.73 bits per heavy atom. The minimum absolute atomic E-state index is 0.0894. The fraction of sp³-hybridized carbons (Fsp3) is 0.417. The Morgan fingerprint density at radius 3 is 2.30 bits per heavy atom. The van der Waals surface area contributed by atoms with E-state index in [9.17, 15) is 18.0 Å². The zero-order chi connectivity index (χ0) is 24.6. The summed E-state index contributed by atoms with van der Waals surface area (Å²) in [5, 5.41) is 3.26. The lowest BCUT2D eigenvalue weighted by Crippen LogP contribution is -2.47. The maximum atomic E-state index is 13.2. The van der Waals surface area contributed by atoms with Crippen LogP contribution in [0.15, 0.2) is 48.5 Å². The van der Waals surface area contributed by atoms with Crippen molar-refractivity contribution < 1.29 is 18.0 Å². The highest BCUT2D eigenvalue weighted by Gasteiger charge is 2.26. The number of hydrogen-bond donors (Lipinski definition) is 1. The molecule has 1 N–H and O–H groups in total. The van der Waals surface area contributed by atoms with E-state index in [0.717, 1.165) is 17.4 Å². The summed E-state index contributed by atoms with van der Waals surface area (Å²) in [4.78, 5) is 27.1. The van der Waals surface area contributed by atoms with Crippen LogP contribution in [0.3, 0.4) is 0 Å². The molecule has 0 aliphatic carbocycles. The van der Waals surface area contributed by atoms with Gasteiger partial charge in [-0.3, -0.25) is 13.9 Å². The van der Waals surface area contributed by atoms with Crippen LogP contribution in [-0.2, 0) is 26.2 Å². The molecule has 0 heterocycles. The highest BCUT2D eigenvalue weighted by molar-refractivity contribution is 7.92. The molecule has 0 radical (unpaired) electrons. The Morgan fingerprint density at radius 1 is 1.09 bits per heavy atom. The summed E-state index contributed by atoms with van der Waals surface area (Å²) in [5.74, 6) is -0.499. The average molecular weight is 494 g/mol. The number of halogens is 1. The van der Waals surface area contributed by atoms with Crippen LogP contribution in [-0.4, -0.2) is 50.5 Å². The molecule has 2 aromatic rings. The van der Waals surface area contributed by atoms with Gasteiger partial charge in [0, 0.05) is 31.1 Å². The Labute approximate surface area is 201 Å². The van der Waals surface area contributed by atoms with Gasteiger partial charge in [0.1, 0.15) is 6.04 Å². The fourth-order valence-electron chi connectivity index (χ4n) is 3.43. The van der Waals surface area contributed by atoms with Crippen LogP contribution < -0.4 is 9.62 Å². The van der Waals surface area contributed by atoms with Gasteiger partial charge in [-0.15, -0.1) is 0 Å². The fourth-order valence-corrected chi connectivity index (χ4v) is 4.59. The smallest absolute Gasteiger partial charge is 0.242 e. The molecule has 0 fully saturated rings. The molecule has 2 aromatic carbocycles. The summed E-state index contributed by atoms with van der Waals surface area (Å²) in [6.07, 6.45) is 1.54. The third-order valence-corrected chi connectivity index (χ3v) is 6.85. The van der Waals surface area contributed by atoms with Gasteiger partial charge in [-0.05, 0) is 51.0 Å². The zero-order valence-corrected chi connectivity index (χ0v) is 21.1. The van der Waals surface area contributed by atoms with Crippen molar-refractivity contribution in [3.63, 3.8) is 0 Å². The molecular weight excluding hydrogens is 462 g/mol. The minimum Gasteiger partial charge on any atom is -0.355 e. The largest absolute Gasteiger partial charge is 0.355 e. The number of nitrogens with one attached hydrogen (secondary N) is 1. The summed E-state index contributed by atoms with van der Waals surface area (Å²) >= 11 is 6.28. The number of aryl methyl sites for hydroxylation is 1. The van der Waals surface area contributed by atoms with Gasteiger partial charge in [0.2, 0.25) is 21.8 Å². The normalized spacial score (nSPS) is 12.2. The Hall–Kier alpha value is -2.58. The third-order valence-electron chi connectivity index (χ3n) is 5.29. The second-order valence-corrected chi connectivity index (χ2v) is 10.3. The van der Waals surface area contributed by atoms with E-state index < -0.39 is 16.1 Å². The number of anilines is 1. The molecule has 0 saturated heterocycles. The van der Waals surface area contributed by atoms with E-state index in [-0.39, 0.29) is 31.3 Å². The highest BCUT2D eigenvalue weighted by Crippen LogP contribution is 2.21. The summed E-state index contributed by atoms with van der Waals surface area (Å²) in [7, 11) is -3.51. The number of nitrogens with zero attached hydrogens (tertiary/aromatic N) is 2. The number of amides is 2. The molecule has 1 unspecified atom stereocenters. The van der Waals surface area contributed by atoms with Gasteiger partial charge in [0.25, 0.3) is 0 Å². The number of benzene rings is 2. The first-order chi connectivity index (χ1) is 15.5. The first-order valence-electron chi connectivity index (χ1n) is 10.9. The maximum absolute atomic E-state index is 13.2. The molecule has 7 nitrogen and oxygen atoms in total. The lowest BCUT2D eigenvalue weighted by Gasteiger charge is -2.29. The highest BCUT2D eigenvalue weighted by atomic mass is 35.5. The van der Waals surface area contributed by atoms with E-state index in [4.69, 9.17) is 11.6 Å². The Kier molecular flexibility index (Phi) is 9.73. The molecule has 9 heteroatoms. The third kappa shape index (κ3) is 7.75. The van der Waals surface area contributed by atoms with Crippen molar-refractivity contribution in [2.75, 3.05) is 23.7 Å². The molecule has 33 heavy (non-hydrogen) atoms. The number of sulfonamides is 1. The number of rotatable bonds is 11. The van der Waals surface area contributed by atoms with Gasteiger partial charge in [0.15, 0.2) is 0 Å². The van der Waals surface area contributed by atoms with Crippen LogP contribution in [0.4, 0.5) is 5.69 Å². The van der Waals surface area contributed by atoms with Crippen LogP contribution >= 0.6 is 11.6 Å². The predicted octanol–water partition coefficient (Wildman–Crippen LogP) is 3.75. The van der Waals surface area contributed by atoms with Crippen LogP contribution in [0.2, 0.25) is 5.02 Å². The molecule has 1 atom stereocenters. The molecule has 0 bridgehead atoms. The van der Waals surface area contributed by atoms with Crippen molar-refractivity contribution in [3.8, 4) is 0 Å². The monoisotopic (exact) mass is 493 g/mol. The number of carbonyl (C=O) groups excluding carboxylic acids is 2. The summed E-state index contributed by atoms with van der Waals surface area (Å²) < 4.78 is 26.0. The lowest BCUT2D eigenvalue weighted by molar-refractivity contribution is -0.140. The molecular formula is C24H32ClN3O4S. The molecule has 0 saturated carbocycles. The van der Waals surface area contributed by atoms with Crippen LogP contribution in [0.1, 0.15) is 37.8 Å². The van der Waals surface area contributed by atoms with Crippen LogP contribution in [0.5, 0.6) is 0 Å². The summed E-state index contributed by atoms with van der Waals surface area (Å²) in [5.41, 5.74) is 2.32. The van der Waals surface area contributed by atoms with Gasteiger partial charge >= 0.3 is 0 Å². The first kappa shape index (κ1) is 26.7. The first-order valence-corrected chi connectivity index (χ1v) is 13.1. The van der Waals surface area contributed by atoms with Crippen LogP contribution in [0.25, 0.3) is 0 Å². The Balaban J connectivity index is 2.15. The van der Waals surface area contributed by atoms with Gasteiger partial charge < -0.3 is 10.2 Å². The molecule has 2 rings (SSSR count). The van der Waals surface area contributed by atoms with E-state index in [0.29, 0.717) is 23.7 Å². The molecule has 0 aliphatic heterocycles. The van der Waals surface area contributed by atoms with Gasteiger partial charge in [0.05, 0.1) is 11.9 Å². The second-order valence-electron chi connectivity index (χ2n) is 7.96. The number of hydrogen-bond acceptors (Lipinski definition) is 4.